The Morgan fingerprint density at radius 2 is 0.871 bits per heavy atom. The Labute approximate surface area is 181 Å². The van der Waals surface area contributed by atoms with E-state index in [1.165, 1.54) is 0 Å². The van der Waals surface area contributed by atoms with Crippen molar-refractivity contribution >= 4 is 12.6 Å². The van der Waals surface area contributed by atoms with Crippen molar-refractivity contribution in [2.24, 2.45) is 0 Å². The second-order valence-electron chi connectivity index (χ2n) is 7.29. The summed E-state index contributed by atoms with van der Waals surface area (Å²) >= 11 is 0. The second-order valence-corrected chi connectivity index (χ2v) is 7.29. The average molecular weight is 406 g/mol. The SMILES string of the molecule is O=Cc1cccc(C(OC(c2ccccc2)c2cccc(C=O)c2)c2ccccc2)c1. The van der Waals surface area contributed by atoms with Gasteiger partial charge in [-0.1, -0.05) is 97.1 Å². The lowest BCUT2D eigenvalue weighted by Crippen LogP contribution is -2.14. The van der Waals surface area contributed by atoms with E-state index in [4.69, 9.17) is 4.74 Å². The molecule has 0 radical (unpaired) electrons. The van der Waals surface area contributed by atoms with Crippen LogP contribution in [0.4, 0.5) is 0 Å². The summed E-state index contributed by atoms with van der Waals surface area (Å²) in [5.74, 6) is 0. The lowest BCUT2D eigenvalue weighted by molar-refractivity contribution is 0.0308. The van der Waals surface area contributed by atoms with Crippen molar-refractivity contribution in [1.29, 1.82) is 0 Å². The van der Waals surface area contributed by atoms with E-state index in [1.807, 2.05) is 97.1 Å². The van der Waals surface area contributed by atoms with Gasteiger partial charge >= 0.3 is 0 Å². The van der Waals surface area contributed by atoms with Crippen molar-refractivity contribution in [3.63, 3.8) is 0 Å². The zero-order valence-electron chi connectivity index (χ0n) is 16.9. The van der Waals surface area contributed by atoms with Crippen LogP contribution in [-0.4, -0.2) is 12.6 Å². The minimum absolute atomic E-state index is 0.397. The molecule has 0 aliphatic carbocycles. The number of aldehydes is 2. The predicted molar refractivity (Wildman–Crippen MR) is 121 cm³/mol. The maximum atomic E-state index is 11.4. The van der Waals surface area contributed by atoms with Gasteiger partial charge in [0.2, 0.25) is 0 Å². The van der Waals surface area contributed by atoms with E-state index in [0.717, 1.165) is 34.8 Å². The van der Waals surface area contributed by atoms with Crippen LogP contribution in [0.5, 0.6) is 0 Å². The predicted octanol–water partition coefficient (Wildman–Crippen LogP) is 6.21. The summed E-state index contributed by atoms with van der Waals surface area (Å²) < 4.78 is 6.76. The molecule has 0 heterocycles. The molecule has 0 N–H and O–H groups in total. The van der Waals surface area contributed by atoms with Crippen LogP contribution in [-0.2, 0) is 4.74 Å². The molecule has 0 aliphatic heterocycles. The molecule has 4 rings (SSSR count). The van der Waals surface area contributed by atoms with E-state index in [9.17, 15) is 9.59 Å². The molecule has 0 aliphatic rings. The van der Waals surface area contributed by atoms with E-state index in [2.05, 4.69) is 0 Å². The minimum Gasteiger partial charge on any atom is -0.356 e. The first-order valence-corrected chi connectivity index (χ1v) is 10.1. The third-order valence-electron chi connectivity index (χ3n) is 5.18. The van der Waals surface area contributed by atoms with Gasteiger partial charge in [-0.3, -0.25) is 9.59 Å². The first-order chi connectivity index (χ1) is 15.3. The molecule has 3 heteroatoms. The molecule has 3 nitrogen and oxygen atoms in total. The maximum absolute atomic E-state index is 11.4. The summed E-state index contributed by atoms with van der Waals surface area (Å²) in [7, 11) is 0. The van der Waals surface area contributed by atoms with Crippen LogP contribution in [0.3, 0.4) is 0 Å². The Kier molecular flexibility index (Phi) is 6.46. The quantitative estimate of drug-likeness (QED) is 0.327. The van der Waals surface area contributed by atoms with E-state index >= 15 is 0 Å². The average Bonchev–Trinajstić information content (AvgIpc) is 2.86. The highest BCUT2D eigenvalue weighted by Gasteiger charge is 2.23. The zero-order chi connectivity index (χ0) is 21.5. The van der Waals surface area contributed by atoms with Crippen molar-refractivity contribution in [3.8, 4) is 0 Å². The Bertz CT molecular complexity index is 1060. The van der Waals surface area contributed by atoms with E-state index in [1.54, 1.807) is 12.1 Å². The zero-order valence-corrected chi connectivity index (χ0v) is 16.9. The van der Waals surface area contributed by atoms with E-state index in [-0.39, 0.29) is 0 Å². The van der Waals surface area contributed by atoms with Crippen molar-refractivity contribution in [1.82, 2.24) is 0 Å². The van der Waals surface area contributed by atoms with Crippen LogP contribution in [0.2, 0.25) is 0 Å². The molecule has 0 spiro atoms. The fraction of sp³-hybridized carbons (Fsp3) is 0.0714. The summed E-state index contributed by atoms with van der Waals surface area (Å²) in [5, 5.41) is 0. The third kappa shape index (κ3) is 4.85. The molecule has 0 bridgehead atoms. The molecule has 2 unspecified atom stereocenters. The van der Waals surface area contributed by atoms with Gasteiger partial charge in [0.1, 0.15) is 24.8 Å². The fourth-order valence-corrected chi connectivity index (χ4v) is 3.68. The van der Waals surface area contributed by atoms with Gasteiger partial charge in [0, 0.05) is 11.1 Å². The van der Waals surface area contributed by atoms with Crippen molar-refractivity contribution in [2.45, 2.75) is 12.2 Å². The number of ether oxygens (including phenoxy) is 1. The van der Waals surface area contributed by atoms with Gasteiger partial charge < -0.3 is 4.74 Å². The molecular formula is C28H22O3. The van der Waals surface area contributed by atoms with Crippen LogP contribution in [0.25, 0.3) is 0 Å². The highest BCUT2D eigenvalue weighted by molar-refractivity contribution is 5.75. The second kappa shape index (κ2) is 9.79. The third-order valence-corrected chi connectivity index (χ3v) is 5.18. The number of rotatable bonds is 8. The lowest BCUT2D eigenvalue weighted by atomic mass is 9.96. The summed E-state index contributed by atoms with van der Waals surface area (Å²) in [6.07, 6.45) is 0.888. The summed E-state index contributed by atoms with van der Waals surface area (Å²) in [6, 6.07) is 34.8. The van der Waals surface area contributed by atoms with E-state index in [0.29, 0.717) is 11.1 Å². The molecule has 31 heavy (non-hydrogen) atoms. The first-order valence-electron chi connectivity index (χ1n) is 10.1. The Balaban J connectivity index is 1.82. The molecule has 0 amide bonds. The van der Waals surface area contributed by atoms with Gasteiger partial charge in [-0.2, -0.15) is 0 Å². The minimum atomic E-state index is -0.397. The van der Waals surface area contributed by atoms with Gasteiger partial charge in [0.25, 0.3) is 0 Å². The Morgan fingerprint density at radius 3 is 1.26 bits per heavy atom. The molecular weight excluding hydrogens is 384 g/mol. The largest absolute Gasteiger partial charge is 0.356 e. The van der Waals surface area contributed by atoms with Crippen LogP contribution < -0.4 is 0 Å². The molecule has 4 aromatic carbocycles. The smallest absolute Gasteiger partial charge is 0.150 e. The van der Waals surface area contributed by atoms with Crippen LogP contribution in [0.1, 0.15) is 55.2 Å². The van der Waals surface area contributed by atoms with Gasteiger partial charge in [-0.25, -0.2) is 0 Å². The number of benzene rings is 4. The van der Waals surface area contributed by atoms with Crippen LogP contribution >= 0.6 is 0 Å². The topological polar surface area (TPSA) is 43.4 Å². The van der Waals surface area contributed by atoms with Gasteiger partial charge in [0.05, 0.1) is 0 Å². The molecule has 0 aromatic heterocycles. The van der Waals surface area contributed by atoms with E-state index < -0.39 is 12.2 Å². The van der Waals surface area contributed by atoms with Crippen LogP contribution in [0, 0.1) is 0 Å². The molecule has 4 aromatic rings. The number of hydrogen-bond donors (Lipinski definition) is 0. The Hall–Kier alpha value is -3.82. The summed E-state index contributed by atoms with van der Waals surface area (Å²) in [4.78, 5) is 22.8. The van der Waals surface area contributed by atoms with Crippen LogP contribution in [0.15, 0.2) is 109 Å². The van der Waals surface area contributed by atoms with Gasteiger partial charge in [0.15, 0.2) is 0 Å². The van der Waals surface area contributed by atoms with Gasteiger partial charge in [-0.05, 0) is 34.4 Å². The van der Waals surface area contributed by atoms with Crippen molar-refractivity contribution in [2.75, 3.05) is 0 Å². The Morgan fingerprint density at radius 1 is 0.484 bits per heavy atom. The lowest BCUT2D eigenvalue weighted by Gasteiger charge is -2.27. The fourth-order valence-electron chi connectivity index (χ4n) is 3.68. The molecule has 2 atom stereocenters. The normalized spacial score (nSPS) is 12.6. The summed E-state index contributed by atoms with van der Waals surface area (Å²) in [5.41, 5.74) is 4.95. The molecule has 0 saturated carbocycles. The summed E-state index contributed by atoms with van der Waals surface area (Å²) in [6.45, 7) is 0. The molecule has 0 fully saturated rings. The highest BCUT2D eigenvalue weighted by Crippen LogP contribution is 2.36. The van der Waals surface area contributed by atoms with Crippen molar-refractivity contribution in [3.05, 3.63) is 143 Å². The molecule has 152 valence electrons. The highest BCUT2D eigenvalue weighted by atomic mass is 16.5. The van der Waals surface area contributed by atoms with Crippen molar-refractivity contribution < 1.29 is 14.3 Å². The van der Waals surface area contributed by atoms with Gasteiger partial charge in [-0.15, -0.1) is 0 Å². The standard InChI is InChI=1S/C28H22O3/c29-19-21-9-7-15-25(17-21)27(23-11-3-1-4-12-23)31-28(24-13-5-2-6-14-24)26-16-8-10-22(18-26)20-30/h1-20,27-28H. The number of carbonyl (C=O) groups excluding carboxylic acids is 2. The molecule has 0 saturated heterocycles. The number of carbonyl (C=O) groups is 2. The maximum Gasteiger partial charge on any atom is 0.150 e. The number of hydrogen-bond acceptors (Lipinski definition) is 3. The first kappa shape index (κ1) is 20.5. The monoisotopic (exact) mass is 406 g/mol.